The van der Waals surface area contributed by atoms with E-state index in [0.717, 1.165) is 37.5 Å². The average Bonchev–Trinajstić information content (AvgIpc) is 3.43. The van der Waals surface area contributed by atoms with Gasteiger partial charge in [0.2, 0.25) is 0 Å². The minimum absolute atomic E-state index is 0.280. The Morgan fingerprint density at radius 3 is 2.31 bits per heavy atom. The Hall–Kier alpha value is -1.41. The van der Waals surface area contributed by atoms with E-state index in [0.29, 0.717) is 51.9 Å². The average molecular weight is 510 g/mol. The topological polar surface area (TPSA) is 93.0 Å². The van der Waals surface area contributed by atoms with Crippen molar-refractivity contribution < 1.29 is 23.3 Å². The molecular weight excluding hydrogens is 465 g/mol. The van der Waals surface area contributed by atoms with Crippen LogP contribution in [0.15, 0.2) is 0 Å². The molecule has 1 N–H and O–H groups in total. The van der Waals surface area contributed by atoms with Gasteiger partial charge in [0.15, 0.2) is 0 Å². The zero-order valence-corrected chi connectivity index (χ0v) is 22.9. The highest BCUT2D eigenvalue weighted by molar-refractivity contribution is 7.44. The highest BCUT2D eigenvalue weighted by Crippen LogP contribution is 2.54. The lowest BCUT2D eigenvalue weighted by Gasteiger charge is -2.35. The quantitative estimate of drug-likeness (QED) is 0.163. The Morgan fingerprint density at radius 1 is 1.03 bits per heavy atom. The number of rotatable bonds is 17. The number of nitrogens with one attached hydrogen (secondary N) is 1. The molecule has 1 amide bonds. The van der Waals surface area contributed by atoms with E-state index in [1.54, 1.807) is 0 Å². The van der Waals surface area contributed by atoms with Gasteiger partial charge in [0.1, 0.15) is 0 Å². The fraction of sp³-hybridized carbons (Fsp3) is 0.846. The zero-order valence-electron chi connectivity index (χ0n) is 22.0. The highest BCUT2D eigenvalue weighted by Gasteiger charge is 2.48. The molecule has 2 aliphatic rings. The number of carbonyl (C=O) groups is 1. The van der Waals surface area contributed by atoms with Crippen molar-refractivity contribution in [2.75, 3.05) is 39.6 Å². The summed E-state index contributed by atoms with van der Waals surface area (Å²) in [5.41, 5.74) is 0. The van der Waals surface area contributed by atoms with Gasteiger partial charge in [0.25, 0.3) is 8.53 Å². The number of ether oxygens (including phenoxy) is 2. The van der Waals surface area contributed by atoms with Crippen molar-refractivity contribution in [2.45, 2.75) is 84.7 Å². The van der Waals surface area contributed by atoms with E-state index < -0.39 is 8.53 Å². The van der Waals surface area contributed by atoms with E-state index in [4.69, 9.17) is 23.8 Å². The molecule has 2 rings (SSSR count). The van der Waals surface area contributed by atoms with Gasteiger partial charge in [-0.15, -0.1) is 11.8 Å². The lowest BCUT2D eigenvalue weighted by Crippen LogP contribution is -2.33. The van der Waals surface area contributed by atoms with Gasteiger partial charge in [-0.05, 0) is 71.1 Å². The molecule has 1 saturated carbocycles. The van der Waals surface area contributed by atoms with E-state index >= 15 is 0 Å². The van der Waals surface area contributed by atoms with Crippen LogP contribution in [-0.4, -0.2) is 62.4 Å². The van der Waals surface area contributed by atoms with Crippen molar-refractivity contribution in [3.63, 3.8) is 0 Å². The summed E-state index contributed by atoms with van der Waals surface area (Å²) in [6, 6.07) is 2.67. The summed E-state index contributed by atoms with van der Waals surface area (Å²) in [6.45, 7) is 11.2. The van der Waals surface area contributed by atoms with Gasteiger partial charge in [-0.3, -0.25) is 0 Å². The molecule has 0 radical (unpaired) electrons. The third-order valence-corrected chi connectivity index (χ3v) is 8.44. The van der Waals surface area contributed by atoms with Crippen molar-refractivity contribution in [2.24, 2.45) is 17.8 Å². The van der Waals surface area contributed by atoms with Crippen molar-refractivity contribution in [3.8, 4) is 17.9 Å². The summed E-state index contributed by atoms with van der Waals surface area (Å²) in [5, 5.41) is 11.5. The van der Waals surface area contributed by atoms with E-state index in [1.165, 1.54) is 12.8 Å². The van der Waals surface area contributed by atoms with Crippen LogP contribution in [-0.2, 0) is 18.5 Å². The number of nitrogens with zero attached hydrogens (tertiary/aromatic N) is 2. The molecule has 2 unspecified atom stereocenters. The van der Waals surface area contributed by atoms with E-state index in [9.17, 15) is 4.79 Å². The Bertz CT molecular complexity index is 692. The third kappa shape index (κ3) is 11.5. The second-order valence-corrected chi connectivity index (χ2v) is 11.1. The first kappa shape index (κ1) is 29.8. The van der Waals surface area contributed by atoms with E-state index in [2.05, 4.69) is 55.6 Å². The molecule has 2 aliphatic carbocycles. The summed E-state index contributed by atoms with van der Waals surface area (Å²) in [4.78, 5) is 11.9. The van der Waals surface area contributed by atoms with Crippen molar-refractivity contribution in [1.29, 1.82) is 5.26 Å². The molecule has 0 aromatic rings. The number of carbonyl (C=O) groups excluding carboxylic acids is 1. The molecule has 1 fully saturated rings. The predicted molar refractivity (Wildman–Crippen MR) is 137 cm³/mol. The second-order valence-electron chi connectivity index (χ2n) is 9.62. The number of nitriles is 1. The third-order valence-electron chi connectivity index (χ3n) is 6.34. The first-order valence-electron chi connectivity index (χ1n) is 13.1. The van der Waals surface area contributed by atoms with Crippen LogP contribution >= 0.6 is 8.53 Å². The fourth-order valence-corrected chi connectivity index (χ4v) is 6.37. The standard InChI is InChI=1S/C26H44N3O5P/c1-21(2)29(22(3)4)35(33-17-9-14-27)34-18-10-16-31-20-15-28-26(30)32-19-13-25-23-11-7-5-6-8-12-24(23)25/h21-25H,7-13,15-20H2,1-4H3,(H,28,30)/t23-,24+,25?,35?. The van der Waals surface area contributed by atoms with Crippen LogP contribution in [0.1, 0.15) is 72.6 Å². The van der Waals surface area contributed by atoms with Gasteiger partial charge in [0.05, 0.1) is 38.9 Å². The molecule has 4 atom stereocenters. The van der Waals surface area contributed by atoms with E-state index in [-0.39, 0.29) is 18.2 Å². The zero-order chi connectivity index (χ0) is 25.5. The Morgan fingerprint density at radius 2 is 1.69 bits per heavy atom. The second kappa shape index (κ2) is 17.1. The molecule has 0 aromatic carbocycles. The minimum atomic E-state index is -1.22. The summed E-state index contributed by atoms with van der Waals surface area (Å²) in [6.07, 6.45) is 6.06. The Labute approximate surface area is 213 Å². The number of alkyl carbamates (subject to hydrolysis) is 1. The number of hydrogen-bond donors (Lipinski definition) is 1. The Balaban J connectivity index is 1.49. The molecule has 198 valence electrons. The maximum Gasteiger partial charge on any atom is 0.407 e. The van der Waals surface area contributed by atoms with Crippen LogP contribution < -0.4 is 5.32 Å². The SMILES string of the molecule is CC(C)N(C(C)C)P(OCCC#N)OCCCOCCNC(=O)OCCC1[C@H]2CCC#CCC[C@@H]12. The first-order chi connectivity index (χ1) is 17.0. The summed E-state index contributed by atoms with van der Waals surface area (Å²) in [7, 11) is -1.22. The maximum atomic E-state index is 11.9. The molecular formula is C26H44N3O5P. The molecule has 35 heavy (non-hydrogen) atoms. The van der Waals surface area contributed by atoms with Gasteiger partial charge in [0, 0.05) is 38.1 Å². The molecule has 9 heteroatoms. The summed E-state index contributed by atoms with van der Waals surface area (Å²) < 4.78 is 25.0. The number of fused-ring (bicyclic) bond motifs is 1. The van der Waals surface area contributed by atoms with Crippen molar-refractivity contribution in [3.05, 3.63) is 0 Å². The summed E-state index contributed by atoms with van der Waals surface area (Å²) in [5.74, 6) is 8.73. The van der Waals surface area contributed by atoms with Crippen molar-refractivity contribution >= 4 is 14.6 Å². The highest BCUT2D eigenvalue weighted by atomic mass is 31.2. The van der Waals surface area contributed by atoms with Gasteiger partial charge in [-0.25, -0.2) is 9.46 Å². The fourth-order valence-electron chi connectivity index (χ4n) is 4.75. The smallest absolute Gasteiger partial charge is 0.407 e. The van der Waals surface area contributed by atoms with E-state index in [1.807, 2.05) is 0 Å². The monoisotopic (exact) mass is 509 g/mol. The van der Waals surface area contributed by atoms with Crippen molar-refractivity contribution in [1.82, 2.24) is 9.99 Å². The molecule has 0 spiro atoms. The summed E-state index contributed by atoms with van der Waals surface area (Å²) >= 11 is 0. The van der Waals surface area contributed by atoms with Crippen LogP contribution in [0.5, 0.6) is 0 Å². The van der Waals surface area contributed by atoms with Crippen LogP contribution in [0.4, 0.5) is 4.79 Å². The molecule has 0 aromatic heterocycles. The van der Waals surface area contributed by atoms with Gasteiger partial charge < -0.3 is 23.8 Å². The van der Waals surface area contributed by atoms with Crippen LogP contribution in [0.25, 0.3) is 0 Å². The molecule has 0 saturated heterocycles. The normalized spacial score (nSPS) is 21.9. The number of amides is 1. The van der Waals surface area contributed by atoms with Crippen LogP contribution in [0, 0.1) is 40.9 Å². The maximum absolute atomic E-state index is 11.9. The first-order valence-corrected chi connectivity index (χ1v) is 14.2. The van der Waals surface area contributed by atoms with Crippen LogP contribution in [0.2, 0.25) is 0 Å². The Kier molecular flexibility index (Phi) is 14.6. The van der Waals surface area contributed by atoms with Gasteiger partial charge >= 0.3 is 6.09 Å². The minimum Gasteiger partial charge on any atom is -0.450 e. The molecule has 0 heterocycles. The lowest BCUT2D eigenvalue weighted by atomic mass is 10.1. The van der Waals surface area contributed by atoms with Gasteiger partial charge in [-0.1, -0.05) is 0 Å². The molecule has 0 aliphatic heterocycles. The predicted octanol–water partition coefficient (Wildman–Crippen LogP) is 5.24. The molecule has 8 nitrogen and oxygen atoms in total. The van der Waals surface area contributed by atoms with Gasteiger partial charge in [-0.2, -0.15) is 5.26 Å². The largest absolute Gasteiger partial charge is 0.450 e. The van der Waals surface area contributed by atoms with Crippen LogP contribution in [0.3, 0.4) is 0 Å². The lowest BCUT2D eigenvalue weighted by molar-refractivity contribution is 0.107. The molecule has 0 bridgehead atoms. The number of hydrogen-bond acceptors (Lipinski definition) is 7.